The molecular weight excluding hydrogens is 278 g/mol. The van der Waals surface area contributed by atoms with Gasteiger partial charge in [0.1, 0.15) is 17.3 Å². The molecule has 0 spiro atoms. The second-order valence-electron chi connectivity index (χ2n) is 5.89. The zero-order valence-corrected chi connectivity index (χ0v) is 13.4. The minimum atomic E-state index is 0.501. The van der Waals surface area contributed by atoms with E-state index in [0.717, 1.165) is 49.1 Å². The van der Waals surface area contributed by atoms with Crippen LogP contribution in [0.15, 0.2) is 24.4 Å². The van der Waals surface area contributed by atoms with Crippen molar-refractivity contribution in [3.63, 3.8) is 0 Å². The number of hydrogen-bond acceptors (Lipinski definition) is 4. The molecule has 118 valence electrons. The molecule has 1 atom stereocenters. The molecule has 0 amide bonds. The highest BCUT2D eigenvalue weighted by molar-refractivity contribution is 5.38. The Kier molecular flexibility index (Phi) is 4.34. The van der Waals surface area contributed by atoms with E-state index in [1.807, 2.05) is 19.2 Å². The molecule has 2 heterocycles. The molecule has 22 heavy (non-hydrogen) atoms. The molecule has 3 rings (SSSR count). The number of rotatable bonds is 5. The van der Waals surface area contributed by atoms with E-state index < -0.39 is 0 Å². The first kappa shape index (κ1) is 14.9. The van der Waals surface area contributed by atoms with Crippen LogP contribution in [0.1, 0.15) is 29.4 Å². The van der Waals surface area contributed by atoms with Gasteiger partial charge in [-0.1, -0.05) is 0 Å². The number of hydrogen-bond donors (Lipinski definition) is 1. The van der Waals surface area contributed by atoms with Crippen LogP contribution >= 0.6 is 0 Å². The number of likely N-dealkylation sites (tertiary alicyclic amines) is 1. The van der Waals surface area contributed by atoms with Gasteiger partial charge in [-0.2, -0.15) is 0 Å². The fourth-order valence-electron chi connectivity index (χ4n) is 3.06. The normalized spacial score (nSPS) is 18.6. The number of imidazole rings is 1. The van der Waals surface area contributed by atoms with E-state index in [1.54, 1.807) is 14.2 Å². The molecule has 0 radical (unpaired) electrons. The summed E-state index contributed by atoms with van der Waals surface area (Å²) in [5.41, 5.74) is 2.35. The van der Waals surface area contributed by atoms with E-state index >= 15 is 0 Å². The van der Waals surface area contributed by atoms with E-state index in [1.165, 1.54) is 5.56 Å². The zero-order chi connectivity index (χ0) is 15.5. The maximum absolute atomic E-state index is 5.34. The molecule has 1 aromatic carbocycles. The van der Waals surface area contributed by atoms with E-state index in [-0.39, 0.29) is 0 Å². The Bertz CT molecular complexity index is 616. The maximum atomic E-state index is 5.34. The third-order valence-corrected chi connectivity index (χ3v) is 4.20. The topological polar surface area (TPSA) is 50.4 Å². The molecule has 1 aliphatic rings. The first-order valence-corrected chi connectivity index (χ1v) is 7.63. The summed E-state index contributed by atoms with van der Waals surface area (Å²) in [5, 5.41) is 0. The van der Waals surface area contributed by atoms with Crippen LogP contribution in [0.5, 0.6) is 11.5 Å². The highest BCUT2D eigenvalue weighted by Crippen LogP contribution is 2.28. The number of aromatic amines is 1. The summed E-state index contributed by atoms with van der Waals surface area (Å²) in [4.78, 5) is 10.3. The highest BCUT2D eigenvalue weighted by atomic mass is 16.5. The van der Waals surface area contributed by atoms with Crippen LogP contribution in [0.2, 0.25) is 0 Å². The van der Waals surface area contributed by atoms with Crippen LogP contribution < -0.4 is 9.47 Å². The molecular formula is C17H23N3O2. The van der Waals surface area contributed by atoms with Crippen molar-refractivity contribution in [1.82, 2.24) is 14.9 Å². The van der Waals surface area contributed by atoms with Gasteiger partial charge in [-0.05, 0) is 37.6 Å². The molecule has 1 aromatic heterocycles. The molecule has 0 bridgehead atoms. The summed E-state index contributed by atoms with van der Waals surface area (Å²) >= 11 is 0. The molecule has 1 saturated heterocycles. The minimum Gasteiger partial charge on any atom is -0.497 e. The quantitative estimate of drug-likeness (QED) is 0.922. The standard InChI is InChI=1S/C17H23N3O2/c1-12-9-18-17(19-12)14-4-5-20(11-14)10-13-6-15(21-2)8-16(7-13)22-3/h6-9,14H,4-5,10-11H2,1-3H3,(H,18,19)/t14-/m0/s1. The molecule has 0 saturated carbocycles. The molecule has 2 aromatic rings. The van der Waals surface area contributed by atoms with Gasteiger partial charge in [0, 0.05) is 37.0 Å². The third kappa shape index (κ3) is 3.25. The predicted octanol–water partition coefficient (Wildman–Crippen LogP) is 2.72. The number of nitrogens with one attached hydrogen (secondary N) is 1. The van der Waals surface area contributed by atoms with Gasteiger partial charge in [0.2, 0.25) is 0 Å². The Hall–Kier alpha value is -2.01. The zero-order valence-electron chi connectivity index (χ0n) is 13.4. The second kappa shape index (κ2) is 6.40. The van der Waals surface area contributed by atoms with Gasteiger partial charge in [0.25, 0.3) is 0 Å². The van der Waals surface area contributed by atoms with Crippen LogP contribution in [0.25, 0.3) is 0 Å². The highest BCUT2D eigenvalue weighted by Gasteiger charge is 2.25. The molecule has 0 unspecified atom stereocenters. The first-order valence-electron chi connectivity index (χ1n) is 7.63. The summed E-state index contributed by atoms with van der Waals surface area (Å²) < 4.78 is 10.7. The first-order chi connectivity index (χ1) is 10.7. The average molecular weight is 301 g/mol. The van der Waals surface area contributed by atoms with Crippen LogP contribution in [0.3, 0.4) is 0 Å². The largest absolute Gasteiger partial charge is 0.497 e. The number of aryl methyl sites for hydroxylation is 1. The number of methoxy groups -OCH3 is 2. The third-order valence-electron chi connectivity index (χ3n) is 4.20. The molecule has 5 nitrogen and oxygen atoms in total. The summed E-state index contributed by atoms with van der Waals surface area (Å²) in [6.07, 6.45) is 3.05. The lowest BCUT2D eigenvalue weighted by Gasteiger charge is -2.17. The Morgan fingerprint density at radius 3 is 2.55 bits per heavy atom. The summed E-state index contributed by atoms with van der Waals surface area (Å²) in [6, 6.07) is 6.06. The molecule has 1 N–H and O–H groups in total. The van der Waals surface area contributed by atoms with Crippen molar-refractivity contribution < 1.29 is 9.47 Å². The van der Waals surface area contributed by atoms with E-state index in [2.05, 4.69) is 27.0 Å². The van der Waals surface area contributed by atoms with Gasteiger partial charge >= 0.3 is 0 Å². The lowest BCUT2D eigenvalue weighted by atomic mass is 10.1. The molecule has 1 fully saturated rings. The van der Waals surface area contributed by atoms with Crippen LogP contribution in [0, 0.1) is 6.92 Å². The minimum absolute atomic E-state index is 0.501. The van der Waals surface area contributed by atoms with Crippen molar-refractivity contribution in [1.29, 1.82) is 0 Å². The van der Waals surface area contributed by atoms with Gasteiger partial charge in [-0.3, -0.25) is 4.90 Å². The Morgan fingerprint density at radius 1 is 1.23 bits per heavy atom. The Labute approximate surface area is 131 Å². The van der Waals surface area contributed by atoms with Crippen molar-refractivity contribution in [2.24, 2.45) is 0 Å². The van der Waals surface area contributed by atoms with E-state index in [9.17, 15) is 0 Å². The number of ether oxygens (including phenoxy) is 2. The van der Waals surface area contributed by atoms with Crippen LogP contribution in [-0.4, -0.2) is 42.2 Å². The fourth-order valence-corrected chi connectivity index (χ4v) is 3.06. The average Bonchev–Trinajstić information content (AvgIpc) is 3.15. The van der Waals surface area contributed by atoms with Crippen molar-refractivity contribution in [2.75, 3.05) is 27.3 Å². The predicted molar refractivity (Wildman–Crippen MR) is 85.5 cm³/mol. The smallest absolute Gasteiger partial charge is 0.122 e. The maximum Gasteiger partial charge on any atom is 0.122 e. The Morgan fingerprint density at radius 2 is 1.95 bits per heavy atom. The molecule has 5 heteroatoms. The number of H-pyrrole nitrogens is 1. The van der Waals surface area contributed by atoms with Gasteiger partial charge in [0.05, 0.1) is 14.2 Å². The van der Waals surface area contributed by atoms with Gasteiger partial charge < -0.3 is 14.5 Å². The number of aromatic nitrogens is 2. The van der Waals surface area contributed by atoms with Gasteiger partial charge in [-0.15, -0.1) is 0 Å². The summed E-state index contributed by atoms with van der Waals surface area (Å²) in [6.45, 7) is 5.08. The van der Waals surface area contributed by atoms with Crippen LogP contribution in [0.4, 0.5) is 0 Å². The SMILES string of the molecule is COc1cc(CN2CC[C@H](c3ncc(C)[nH]3)C2)cc(OC)c1. The van der Waals surface area contributed by atoms with Crippen molar-refractivity contribution >= 4 is 0 Å². The lowest BCUT2D eigenvalue weighted by molar-refractivity contribution is 0.323. The Balaban J connectivity index is 1.67. The van der Waals surface area contributed by atoms with E-state index in [0.29, 0.717) is 5.92 Å². The van der Waals surface area contributed by atoms with Crippen molar-refractivity contribution in [2.45, 2.75) is 25.8 Å². The van der Waals surface area contributed by atoms with Crippen LogP contribution in [-0.2, 0) is 6.54 Å². The monoisotopic (exact) mass is 301 g/mol. The van der Waals surface area contributed by atoms with Gasteiger partial charge in [0.15, 0.2) is 0 Å². The molecule has 0 aliphatic carbocycles. The fraction of sp³-hybridized carbons (Fsp3) is 0.471. The summed E-state index contributed by atoms with van der Waals surface area (Å²) in [5.74, 6) is 3.29. The van der Waals surface area contributed by atoms with Gasteiger partial charge in [-0.25, -0.2) is 4.98 Å². The van der Waals surface area contributed by atoms with Crippen molar-refractivity contribution in [3.8, 4) is 11.5 Å². The lowest BCUT2D eigenvalue weighted by Crippen LogP contribution is -2.20. The number of nitrogens with zero attached hydrogens (tertiary/aromatic N) is 2. The van der Waals surface area contributed by atoms with Crippen molar-refractivity contribution in [3.05, 3.63) is 41.5 Å². The second-order valence-corrected chi connectivity index (χ2v) is 5.89. The molecule has 1 aliphatic heterocycles. The van der Waals surface area contributed by atoms with E-state index in [4.69, 9.17) is 9.47 Å². The summed E-state index contributed by atoms with van der Waals surface area (Å²) in [7, 11) is 3.37. The number of benzene rings is 1.